The van der Waals surface area contributed by atoms with Crippen LogP contribution in [0.5, 0.6) is 0 Å². The fourth-order valence-electron chi connectivity index (χ4n) is 4.31. The number of halogens is 1. The maximum atomic E-state index is 13.0. The fraction of sp³-hybridized carbons (Fsp3) is 0.333. The number of thiazole rings is 1. The van der Waals surface area contributed by atoms with Gasteiger partial charge in [-0.25, -0.2) is 4.98 Å². The van der Waals surface area contributed by atoms with E-state index in [4.69, 9.17) is 11.6 Å². The molecule has 1 saturated heterocycles. The molecule has 0 spiro atoms. The highest BCUT2D eigenvalue weighted by Gasteiger charge is 2.22. The second kappa shape index (κ2) is 12.4. The maximum absolute atomic E-state index is 13.0. The standard InChI is InChI=1S/C27H30ClN3O2S3/c1-18-25(35-27(30-18)21-9-11-22(28)12-10-21)26(32)29-16-20-7-5-13-31(17-20)23-8-4-6-19(14-23)15-24(34-2)36(3)33/h4,6,8-12,14-15,20H,5,7,13,16-17H2,1-3H3,(H,29,32)/b24-15-. The molecule has 4 rings (SSSR count). The van der Waals surface area contributed by atoms with E-state index in [-0.39, 0.29) is 5.91 Å². The number of benzene rings is 2. The first-order chi connectivity index (χ1) is 17.3. The van der Waals surface area contributed by atoms with Crippen molar-refractivity contribution < 1.29 is 9.00 Å². The van der Waals surface area contributed by atoms with Crippen molar-refractivity contribution in [3.8, 4) is 10.6 Å². The van der Waals surface area contributed by atoms with Crippen LogP contribution in [0.25, 0.3) is 16.6 Å². The molecule has 3 aromatic rings. The highest BCUT2D eigenvalue weighted by molar-refractivity contribution is 8.16. The summed E-state index contributed by atoms with van der Waals surface area (Å²) in [5.74, 6) is 0.308. The lowest BCUT2D eigenvalue weighted by Gasteiger charge is -2.34. The van der Waals surface area contributed by atoms with Gasteiger partial charge < -0.3 is 10.2 Å². The molecule has 2 aromatic carbocycles. The number of nitrogens with one attached hydrogen (secondary N) is 1. The Morgan fingerprint density at radius 3 is 2.81 bits per heavy atom. The first kappa shape index (κ1) is 26.9. The maximum Gasteiger partial charge on any atom is 0.263 e. The molecule has 9 heteroatoms. The summed E-state index contributed by atoms with van der Waals surface area (Å²) in [7, 11) is -0.995. The van der Waals surface area contributed by atoms with Crippen LogP contribution in [0.3, 0.4) is 0 Å². The Hall–Kier alpha value is -2.13. The van der Waals surface area contributed by atoms with Gasteiger partial charge in [0, 0.05) is 42.2 Å². The van der Waals surface area contributed by atoms with Gasteiger partial charge >= 0.3 is 0 Å². The topological polar surface area (TPSA) is 62.3 Å². The highest BCUT2D eigenvalue weighted by Crippen LogP contribution is 2.29. The lowest BCUT2D eigenvalue weighted by Crippen LogP contribution is -2.41. The van der Waals surface area contributed by atoms with Crippen LogP contribution in [0.1, 0.15) is 33.8 Å². The molecular weight excluding hydrogens is 530 g/mol. The monoisotopic (exact) mass is 559 g/mol. The Bertz CT molecular complexity index is 1270. The van der Waals surface area contributed by atoms with Gasteiger partial charge in [0.1, 0.15) is 9.88 Å². The minimum atomic E-state index is -0.995. The van der Waals surface area contributed by atoms with Crippen molar-refractivity contribution in [1.29, 1.82) is 0 Å². The molecule has 2 heterocycles. The Labute approximate surface area is 228 Å². The summed E-state index contributed by atoms with van der Waals surface area (Å²) in [5, 5.41) is 4.65. The number of aryl methyl sites for hydroxylation is 1. The molecule has 1 aliphatic heterocycles. The van der Waals surface area contributed by atoms with Crippen molar-refractivity contribution in [1.82, 2.24) is 10.3 Å². The highest BCUT2D eigenvalue weighted by atomic mass is 35.5. The molecule has 5 nitrogen and oxygen atoms in total. The zero-order valence-corrected chi connectivity index (χ0v) is 23.8. The molecule has 1 aliphatic rings. The number of hydrogen-bond acceptors (Lipinski definition) is 6. The van der Waals surface area contributed by atoms with Crippen LogP contribution in [0, 0.1) is 12.8 Å². The van der Waals surface area contributed by atoms with Crippen molar-refractivity contribution in [2.75, 3.05) is 37.0 Å². The van der Waals surface area contributed by atoms with Gasteiger partial charge in [-0.05, 0) is 67.8 Å². The molecular formula is C27H30ClN3O2S3. The number of rotatable bonds is 8. The van der Waals surface area contributed by atoms with Crippen LogP contribution < -0.4 is 10.2 Å². The molecule has 0 bridgehead atoms. The molecule has 1 fully saturated rings. The van der Waals surface area contributed by atoms with Gasteiger partial charge in [-0.1, -0.05) is 35.9 Å². The van der Waals surface area contributed by atoms with E-state index in [9.17, 15) is 9.00 Å². The number of carbonyl (C=O) groups is 1. The quantitative estimate of drug-likeness (QED) is 0.343. The molecule has 190 valence electrons. The van der Waals surface area contributed by atoms with Crippen molar-refractivity contribution in [2.45, 2.75) is 19.8 Å². The molecule has 1 amide bonds. The SMILES string of the molecule is CS/C(=C/c1cccc(N2CCCC(CNC(=O)c3sc(-c4ccc(Cl)cc4)nc3C)C2)c1)S(C)=O. The van der Waals surface area contributed by atoms with Crippen LogP contribution in [-0.2, 0) is 10.8 Å². The third-order valence-corrected chi connectivity index (χ3v) is 10.0. The number of nitrogens with zero attached hydrogens (tertiary/aromatic N) is 2. The predicted octanol–water partition coefficient (Wildman–Crippen LogP) is 6.46. The van der Waals surface area contributed by atoms with Crippen LogP contribution in [0.15, 0.2) is 52.8 Å². The van der Waals surface area contributed by atoms with Crippen molar-refractivity contribution in [2.24, 2.45) is 5.92 Å². The summed E-state index contributed by atoms with van der Waals surface area (Å²) in [6.45, 7) is 4.39. The Kier molecular flexibility index (Phi) is 9.28. The summed E-state index contributed by atoms with van der Waals surface area (Å²) in [6, 6.07) is 15.9. The van der Waals surface area contributed by atoms with E-state index in [0.717, 1.165) is 57.7 Å². The van der Waals surface area contributed by atoms with E-state index in [2.05, 4.69) is 27.3 Å². The molecule has 0 saturated carbocycles. The predicted molar refractivity (Wildman–Crippen MR) is 157 cm³/mol. The van der Waals surface area contributed by atoms with Crippen molar-refractivity contribution in [3.63, 3.8) is 0 Å². The molecule has 0 radical (unpaired) electrons. The van der Waals surface area contributed by atoms with E-state index >= 15 is 0 Å². The van der Waals surface area contributed by atoms with E-state index in [0.29, 0.717) is 22.4 Å². The van der Waals surface area contributed by atoms with Crippen molar-refractivity contribution >= 4 is 63.2 Å². The number of carbonyl (C=O) groups excluding carboxylic acids is 1. The van der Waals surface area contributed by atoms with E-state index < -0.39 is 10.8 Å². The van der Waals surface area contributed by atoms with Gasteiger partial charge in [0.25, 0.3) is 5.91 Å². The number of anilines is 1. The molecule has 0 aliphatic carbocycles. The average molecular weight is 560 g/mol. The Morgan fingerprint density at radius 2 is 2.08 bits per heavy atom. The summed E-state index contributed by atoms with van der Waals surface area (Å²) in [4.78, 5) is 20.6. The summed E-state index contributed by atoms with van der Waals surface area (Å²) in [6.07, 6.45) is 7.83. The molecule has 2 atom stereocenters. The lowest BCUT2D eigenvalue weighted by molar-refractivity contribution is 0.0949. The summed E-state index contributed by atoms with van der Waals surface area (Å²) in [5.41, 5.74) is 3.92. The van der Waals surface area contributed by atoms with Crippen LogP contribution >= 0.6 is 34.7 Å². The fourth-order valence-corrected chi connectivity index (χ4v) is 6.92. The van der Waals surface area contributed by atoms with Gasteiger partial charge in [-0.2, -0.15) is 0 Å². The van der Waals surface area contributed by atoms with Gasteiger partial charge in [-0.3, -0.25) is 9.00 Å². The van der Waals surface area contributed by atoms with Crippen molar-refractivity contribution in [3.05, 3.63) is 73.9 Å². The normalized spacial score (nSPS) is 17.2. The zero-order chi connectivity index (χ0) is 25.7. The van der Waals surface area contributed by atoms with Gasteiger partial charge in [0.2, 0.25) is 0 Å². The average Bonchev–Trinajstić information content (AvgIpc) is 3.28. The van der Waals surface area contributed by atoms with E-state index in [1.165, 1.54) is 23.1 Å². The first-order valence-electron chi connectivity index (χ1n) is 11.8. The second-order valence-electron chi connectivity index (χ2n) is 8.82. The minimum Gasteiger partial charge on any atom is -0.371 e. The van der Waals surface area contributed by atoms with Crippen LogP contribution in [0.4, 0.5) is 5.69 Å². The first-order valence-corrected chi connectivity index (χ1v) is 15.8. The second-order valence-corrected chi connectivity index (χ2v) is 12.7. The minimum absolute atomic E-state index is 0.0633. The third kappa shape index (κ3) is 6.79. The molecule has 36 heavy (non-hydrogen) atoms. The number of thioether (sulfide) groups is 1. The van der Waals surface area contributed by atoms with Gasteiger partial charge in [0.05, 0.1) is 20.7 Å². The van der Waals surface area contributed by atoms with E-state index in [1.807, 2.05) is 55.7 Å². The van der Waals surface area contributed by atoms with Gasteiger partial charge in [-0.15, -0.1) is 23.1 Å². The lowest BCUT2D eigenvalue weighted by atomic mass is 9.97. The largest absolute Gasteiger partial charge is 0.371 e. The number of piperidine rings is 1. The van der Waals surface area contributed by atoms with Crippen LogP contribution in [-0.4, -0.2) is 47.2 Å². The number of hydrogen-bond donors (Lipinski definition) is 1. The number of amides is 1. The zero-order valence-electron chi connectivity index (χ0n) is 20.6. The molecule has 1 aromatic heterocycles. The summed E-state index contributed by atoms with van der Waals surface area (Å²) < 4.78 is 12.8. The van der Waals surface area contributed by atoms with E-state index in [1.54, 1.807) is 6.26 Å². The molecule has 1 N–H and O–H groups in total. The Balaban J connectivity index is 1.38. The third-order valence-electron chi connectivity index (χ3n) is 6.17. The Morgan fingerprint density at radius 1 is 1.31 bits per heavy atom. The number of aromatic nitrogens is 1. The summed E-state index contributed by atoms with van der Waals surface area (Å²) >= 11 is 8.93. The molecule has 2 unspecified atom stereocenters. The van der Waals surface area contributed by atoms with Gasteiger partial charge in [0.15, 0.2) is 0 Å². The smallest absolute Gasteiger partial charge is 0.263 e. The van der Waals surface area contributed by atoms with Crippen LogP contribution in [0.2, 0.25) is 5.02 Å².